The standard InChI is InChI=1S/C11H22N2O2/c1-3-9(2)13-6-4-5-12-10(8-13)7-11(14)15/h9-10,12H,3-8H2,1-2H3,(H,14,15). The quantitative estimate of drug-likeness (QED) is 0.731. The average Bonchev–Trinajstić information content (AvgIpc) is 2.41. The number of aliphatic carboxylic acids is 1. The molecule has 0 aliphatic carbocycles. The molecular weight excluding hydrogens is 192 g/mol. The van der Waals surface area contributed by atoms with E-state index in [-0.39, 0.29) is 12.5 Å². The molecule has 88 valence electrons. The maximum Gasteiger partial charge on any atom is 0.304 e. The van der Waals surface area contributed by atoms with Crippen molar-refractivity contribution in [3.63, 3.8) is 0 Å². The first kappa shape index (κ1) is 12.5. The van der Waals surface area contributed by atoms with Gasteiger partial charge in [-0.15, -0.1) is 0 Å². The zero-order valence-electron chi connectivity index (χ0n) is 9.70. The largest absolute Gasteiger partial charge is 0.481 e. The van der Waals surface area contributed by atoms with Crippen molar-refractivity contribution < 1.29 is 9.90 Å². The van der Waals surface area contributed by atoms with Crippen LogP contribution in [-0.2, 0) is 4.79 Å². The molecule has 0 aromatic heterocycles. The summed E-state index contributed by atoms with van der Waals surface area (Å²) in [4.78, 5) is 13.1. The highest BCUT2D eigenvalue weighted by molar-refractivity contribution is 5.67. The van der Waals surface area contributed by atoms with Crippen LogP contribution in [0.15, 0.2) is 0 Å². The molecule has 1 rings (SSSR count). The topological polar surface area (TPSA) is 52.6 Å². The Morgan fingerprint density at radius 2 is 2.40 bits per heavy atom. The molecule has 4 heteroatoms. The first-order chi connectivity index (χ1) is 7.13. The number of nitrogens with zero attached hydrogens (tertiary/aromatic N) is 1. The lowest BCUT2D eigenvalue weighted by Crippen LogP contribution is -2.42. The highest BCUT2D eigenvalue weighted by Gasteiger charge is 2.22. The lowest BCUT2D eigenvalue weighted by atomic mass is 10.1. The first-order valence-corrected chi connectivity index (χ1v) is 5.82. The van der Waals surface area contributed by atoms with Crippen molar-refractivity contribution in [2.45, 2.75) is 45.2 Å². The molecule has 0 saturated carbocycles. The van der Waals surface area contributed by atoms with Crippen LogP contribution in [0.5, 0.6) is 0 Å². The summed E-state index contributed by atoms with van der Waals surface area (Å²) in [5.74, 6) is -0.710. The fraction of sp³-hybridized carbons (Fsp3) is 0.909. The molecule has 0 aromatic rings. The number of hydrogen-bond donors (Lipinski definition) is 2. The summed E-state index contributed by atoms with van der Waals surface area (Å²) in [6.07, 6.45) is 2.47. The summed E-state index contributed by atoms with van der Waals surface area (Å²) in [6.45, 7) is 7.27. The fourth-order valence-corrected chi connectivity index (χ4v) is 2.03. The van der Waals surface area contributed by atoms with Gasteiger partial charge in [-0.25, -0.2) is 0 Å². The summed E-state index contributed by atoms with van der Waals surface area (Å²) >= 11 is 0. The van der Waals surface area contributed by atoms with Gasteiger partial charge >= 0.3 is 5.97 Å². The Hall–Kier alpha value is -0.610. The Morgan fingerprint density at radius 1 is 1.67 bits per heavy atom. The van der Waals surface area contributed by atoms with Crippen molar-refractivity contribution in [1.29, 1.82) is 0 Å². The highest BCUT2D eigenvalue weighted by atomic mass is 16.4. The van der Waals surface area contributed by atoms with Crippen LogP contribution in [0.25, 0.3) is 0 Å². The molecule has 15 heavy (non-hydrogen) atoms. The summed E-state index contributed by atoms with van der Waals surface area (Å²) in [6, 6.07) is 0.667. The van der Waals surface area contributed by atoms with Crippen LogP contribution < -0.4 is 5.32 Å². The minimum atomic E-state index is -0.710. The summed E-state index contributed by atoms with van der Waals surface area (Å²) in [5.41, 5.74) is 0. The van der Waals surface area contributed by atoms with E-state index in [0.717, 1.165) is 32.5 Å². The Kier molecular flexibility index (Phi) is 5.05. The Bertz CT molecular complexity index is 209. The van der Waals surface area contributed by atoms with E-state index in [2.05, 4.69) is 24.1 Å². The minimum Gasteiger partial charge on any atom is -0.481 e. The third-order valence-electron chi connectivity index (χ3n) is 3.15. The second-order valence-corrected chi connectivity index (χ2v) is 4.35. The third-order valence-corrected chi connectivity index (χ3v) is 3.15. The highest BCUT2D eigenvalue weighted by Crippen LogP contribution is 2.10. The van der Waals surface area contributed by atoms with Crippen molar-refractivity contribution >= 4 is 5.97 Å². The number of carboxylic acid groups (broad SMARTS) is 1. The SMILES string of the molecule is CCC(C)N1CCCNC(CC(=O)O)C1. The van der Waals surface area contributed by atoms with Crippen LogP contribution >= 0.6 is 0 Å². The van der Waals surface area contributed by atoms with Crippen molar-refractivity contribution in [1.82, 2.24) is 10.2 Å². The second kappa shape index (κ2) is 6.08. The molecule has 0 amide bonds. The van der Waals surface area contributed by atoms with Crippen molar-refractivity contribution in [3.05, 3.63) is 0 Å². The predicted octanol–water partition coefficient (Wildman–Crippen LogP) is 0.923. The fourth-order valence-electron chi connectivity index (χ4n) is 2.03. The van der Waals surface area contributed by atoms with Gasteiger partial charge in [-0.1, -0.05) is 6.92 Å². The molecule has 2 unspecified atom stereocenters. The molecule has 1 saturated heterocycles. The van der Waals surface area contributed by atoms with Crippen LogP contribution in [0.3, 0.4) is 0 Å². The van der Waals surface area contributed by atoms with Gasteiger partial charge in [-0.05, 0) is 32.9 Å². The molecule has 2 atom stereocenters. The molecule has 1 heterocycles. The van der Waals surface area contributed by atoms with Gasteiger partial charge < -0.3 is 10.4 Å². The van der Waals surface area contributed by atoms with Crippen molar-refractivity contribution in [2.75, 3.05) is 19.6 Å². The zero-order chi connectivity index (χ0) is 11.3. The molecule has 1 fully saturated rings. The van der Waals surface area contributed by atoms with Gasteiger partial charge in [0.15, 0.2) is 0 Å². The summed E-state index contributed by atoms with van der Waals surface area (Å²) in [5, 5.41) is 12.1. The van der Waals surface area contributed by atoms with Crippen LogP contribution in [0.4, 0.5) is 0 Å². The van der Waals surface area contributed by atoms with E-state index in [0.29, 0.717) is 6.04 Å². The van der Waals surface area contributed by atoms with Crippen LogP contribution in [0, 0.1) is 0 Å². The first-order valence-electron chi connectivity index (χ1n) is 5.82. The summed E-state index contributed by atoms with van der Waals surface area (Å²) in [7, 11) is 0. The van der Waals surface area contributed by atoms with Gasteiger partial charge in [0, 0.05) is 18.6 Å². The van der Waals surface area contributed by atoms with E-state index in [1.165, 1.54) is 0 Å². The number of carboxylic acids is 1. The molecule has 0 radical (unpaired) electrons. The maximum atomic E-state index is 10.7. The Labute approximate surface area is 91.6 Å². The van der Waals surface area contributed by atoms with E-state index in [9.17, 15) is 4.79 Å². The lowest BCUT2D eigenvalue weighted by Gasteiger charge is -2.28. The number of hydrogen-bond acceptors (Lipinski definition) is 3. The predicted molar refractivity (Wildman–Crippen MR) is 60.0 cm³/mol. The van der Waals surface area contributed by atoms with E-state index < -0.39 is 5.97 Å². The number of carbonyl (C=O) groups is 1. The van der Waals surface area contributed by atoms with E-state index in [4.69, 9.17) is 5.11 Å². The van der Waals surface area contributed by atoms with E-state index in [1.54, 1.807) is 0 Å². The zero-order valence-corrected chi connectivity index (χ0v) is 9.70. The Morgan fingerprint density at radius 3 is 3.00 bits per heavy atom. The molecule has 0 spiro atoms. The number of rotatable bonds is 4. The maximum absolute atomic E-state index is 10.7. The lowest BCUT2D eigenvalue weighted by molar-refractivity contribution is -0.137. The van der Waals surface area contributed by atoms with E-state index in [1.807, 2.05) is 0 Å². The Balaban J connectivity index is 2.49. The molecule has 4 nitrogen and oxygen atoms in total. The van der Waals surface area contributed by atoms with Gasteiger partial charge in [0.1, 0.15) is 0 Å². The summed E-state index contributed by atoms with van der Waals surface area (Å²) < 4.78 is 0. The van der Waals surface area contributed by atoms with Crippen LogP contribution in [0.1, 0.15) is 33.1 Å². The molecule has 0 bridgehead atoms. The van der Waals surface area contributed by atoms with Crippen LogP contribution in [-0.4, -0.2) is 47.7 Å². The van der Waals surface area contributed by atoms with Crippen molar-refractivity contribution in [2.24, 2.45) is 0 Å². The van der Waals surface area contributed by atoms with Gasteiger partial charge in [-0.2, -0.15) is 0 Å². The van der Waals surface area contributed by atoms with E-state index >= 15 is 0 Å². The second-order valence-electron chi connectivity index (χ2n) is 4.35. The molecular formula is C11H22N2O2. The van der Waals surface area contributed by atoms with Gasteiger partial charge in [-0.3, -0.25) is 9.69 Å². The van der Waals surface area contributed by atoms with Crippen LogP contribution in [0.2, 0.25) is 0 Å². The monoisotopic (exact) mass is 214 g/mol. The third kappa shape index (κ3) is 4.18. The van der Waals surface area contributed by atoms with Gasteiger partial charge in [0.05, 0.1) is 6.42 Å². The average molecular weight is 214 g/mol. The normalized spacial score (nSPS) is 25.9. The van der Waals surface area contributed by atoms with Gasteiger partial charge in [0.2, 0.25) is 0 Å². The minimum absolute atomic E-state index is 0.110. The van der Waals surface area contributed by atoms with Gasteiger partial charge in [0.25, 0.3) is 0 Å². The number of nitrogens with one attached hydrogen (secondary N) is 1. The van der Waals surface area contributed by atoms with Crippen molar-refractivity contribution in [3.8, 4) is 0 Å². The molecule has 1 aliphatic heterocycles. The molecule has 1 aliphatic rings. The smallest absolute Gasteiger partial charge is 0.304 e. The molecule has 0 aromatic carbocycles. The molecule has 2 N–H and O–H groups in total.